The molecule has 0 spiro atoms. The van der Waals surface area contributed by atoms with Crippen molar-refractivity contribution in [1.29, 1.82) is 0 Å². The third kappa shape index (κ3) is 7.07. The highest BCUT2D eigenvalue weighted by atomic mass is 16.7. The molecule has 1 saturated heterocycles. The van der Waals surface area contributed by atoms with Gasteiger partial charge in [-0.25, -0.2) is 0 Å². The van der Waals surface area contributed by atoms with Crippen molar-refractivity contribution in [1.82, 2.24) is 0 Å². The van der Waals surface area contributed by atoms with Gasteiger partial charge >= 0.3 is 5.97 Å². The Bertz CT molecular complexity index is 1140. The van der Waals surface area contributed by atoms with Crippen molar-refractivity contribution in [2.24, 2.45) is 57.7 Å². The van der Waals surface area contributed by atoms with Crippen molar-refractivity contribution in [3.8, 4) is 0 Å². The van der Waals surface area contributed by atoms with E-state index >= 15 is 0 Å². The molecule has 276 valence electrons. The van der Waals surface area contributed by atoms with Crippen LogP contribution in [0, 0.1) is 57.7 Å². The van der Waals surface area contributed by atoms with Gasteiger partial charge in [0, 0.05) is 6.42 Å². The fourth-order valence-electron chi connectivity index (χ4n) is 11.7. The molecule has 4 fully saturated rings. The van der Waals surface area contributed by atoms with Crippen LogP contribution >= 0.6 is 0 Å². The Labute approximate surface area is 292 Å². The third-order valence-corrected chi connectivity index (χ3v) is 15.1. The Kier molecular flexibility index (Phi) is 11.9. The number of allylic oxidation sites excluding steroid dienone is 1. The highest BCUT2D eigenvalue weighted by Gasteiger charge is 2.65. The number of ether oxygens (including phenoxy) is 3. The van der Waals surface area contributed by atoms with Crippen molar-refractivity contribution in [3.63, 3.8) is 0 Å². The van der Waals surface area contributed by atoms with Crippen LogP contribution in [0.15, 0.2) is 11.6 Å². The van der Waals surface area contributed by atoms with Crippen LogP contribution in [0.1, 0.15) is 139 Å². The Hall–Kier alpha value is -0.990. The molecule has 0 radical (unpaired) electrons. The number of hydrogen-bond acceptors (Lipinski definition) is 7. The molecular formula is C41H70O7. The minimum Gasteiger partial charge on any atom is -0.463 e. The number of esters is 1. The predicted molar refractivity (Wildman–Crippen MR) is 189 cm³/mol. The van der Waals surface area contributed by atoms with Gasteiger partial charge < -0.3 is 29.5 Å². The second-order valence-corrected chi connectivity index (χ2v) is 18.4. The van der Waals surface area contributed by atoms with Crippen LogP contribution in [0.2, 0.25) is 0 Å². The maximum absolute atomic E-state index is 12.1. The zero-order chi connectivity index (χ0) is 35.2. The van der Waals surface area contributed by atoms with E-state index in [1.165, 1.54) is 50.5 Å². The van der Waals surface area contributed by atoms with Crippen LogP contribution in [0.4, 0.5) is 0 Å². The summed E-state index contributed by atoms with van der Waals surface area (Å²) in [4.78, 5) is 12.1. The number of fused-ring (bicyclic) bond motifs is 5. The number of rotatable bonds is 12. The van der Waals surface area contributed by atoms with Crippen LogP contribution in [0.25, 0.3) is 0 Å². The Morgan fingerprint density at radius 3 is 2.29 bits per heavy atom. The average molecular weight is 675 g/mol. The van der Waals surface area contributed by atoms with Gasteiger partial charge in [-0.1, -0.05) is 86.8 Å². The van der Waals surface area contributed by atoms with E-state index in [4.69, 9.17) is 14.2 Å². The fraction of sp³-hybridized carbons (Fsp3) is 0.927. The summed E-state index contributed by atoms with van der Waals surface area (Å²) >= 11 is 0. The van der Waals surface area contributed by atoms with Crippen molar-refractivity contribution in [2.75, 3.05) is 6.61 Å². The minimum absolute atomic E-state index is 0.147. The molecule has 4 aliphatic carbocycles. The maximum Gasteiger partial charge on any atom is 0.306 e. The Morgan fingerprint density at radius 1 is 0.917 bits per heavy atom. The molecule has 1 aliphatic heterocycles. The quantitative estimate of drug-likeness (QED) is 0.143. The molecule has 14 atom stereocenters. The van der Waals surface area contributed by atoms with Crippen LogP contribution < -0.4 is 0 Å². The number of hydrogen-bond donors (Lipinski definition) is 3. The van der Waals surface area contributed by atoms with Crippen LogP contribution in [-0.2, 0) is 19.0 Å². The summed E-state index contributed by atoms with van der Waals surface area (Å²) in [5.41, 5.74) is 2.39. The van der Waals surface area contributed by atoms with Gasteiger partial charge in [0.25, 0.3) is 0 Å². The molecule has 0 aromatic heterocycles. The van der Waals surface area contributed by atoms with E-state index in [9.17, 15) is 20.1 Å². The monoisotopic (exact) mass is 675 g/mol. The second-order valence-electron chi connectivity index (χ2n) is 18.4. The molecule has 0 aromatic carbocycles. The van der Waals surface area contributed by atoms with E-state index in [2.05, 4.69) is 54.5 Å². The lowest BCUT2D eigenvalue weighted by atomic mass is 9.42. The van der Waals surface area contributed by atoms with Gasteiger partial charge in [-0.2, -0.15) is 0 Å². The van der Waals surface area contributed by atoms with Gasteiger partial charge in [0.15, 0.2) is 6.29 Å². The molecule has 7 nitrogen and oxygen atoms in total. The normalized spacial score (nSPS) is 44.0. The number of carbonyl (C=O) groups excluding carboxylic acids is 1. The maximum atomic E-state index is 12.1. The minimum atomic E-state index is -1.44. The number of aliphatic hydroxyl groups is 3. The topological polar surface area (TPSA) is 105 Å². The molecule has 5 aliphatic rings. The lowest BCUT2D eigenvalue weighted by Crippen LogP contribution is -2.60. The van der Waals surface area contributed by atoms with Crippen molar-refractivity contribution >= 4 is 5.97 Å². The van der Waals surface area contributed by atoms with Crippen LogP contribution in [0.3, 0.4) is 0 Å². The smallest absolute Gasteiger partial charge is 0.306 e. The first-order chi connectivity index (χ1) is 22.6. The average Bonchev–Trinajstić information content (AvgIpc) is 3.31. The summed E-state index contributed by atoms with van der Waals surface area (Å²) in [5, 5.41) is 32.0. The van der Waals surface area contributed by atoms with Gasteiger partial charge in [-0.05, 0) is 115 Å². The van der Waals surface area contributed by atoms with E-state index in [-0.39, 0.29) is 36.4 Å². The van der Waals surface area contributed by atoms with E-state index < -0.39 is 30.7 Å². The fourth-order valence-corrected chi connectivity index (χ4v) is 11.7. The van der Waals surface area contributed by atoms with Gasteiger partial charge in [0.05, 0.1) is 6.10 Å². The second kappa shape index (κ2) is 14.9. The third-order valence-electron chi connectivity index (χ3n) is 15.1. The van der Waals surface area contributed by atoms with Gasteiger partial charge in [0.2, 0.25) is 0 Å². The zero-order valence-corrected chi connectivity index (χ0v) is 31.7. The molecule has 0 bridgehead atoms. The summed E-state index contributed by atoms with van der Waals surface area (Å²) < 4.78 is 17.7. The highest BCUT2D eigenvalue weighted by molar-refractivity contribution is 5.69. The largest absolute Gasteiger partial charge is 0.463 e. The molecule has 3 saturated carbocycles. The van der Waals surface area contributed by atoms with Gasteiger partial charge in [-0.15, -0.1) is 0 Å². The zero-order valence-electron chi connectivity index (χ0n) is 31.7. The first-order valence-electron chi connectivity index (χ1n) is 19.8. The molecule has 5 rings (SSSR count). The van der Waals surface area contributed by atoms with Crippen LogP contribution in [0.5, 0.6) is 0 Å². The molecule has 0 amide bonds. The van der Waals surface area contributed by atoms with Gasteiger partial charge in [0.1, 0.15) is 31.0 Å². The lowest BCUT2D eigenvalue weighted by molar-refractivity contribution is -0.313. The first kappa shape index (κ1) is 38.2. The summed E-state index contributed by atoms with van der Waals surface area (Å²) in [6, 6.07) is 0. The molecule has 1 heterocycles. The molecule has 3 N–H and O–H groups in total. The van der Waals surface area contributed by atoms with E-state index in [0.717, 1.165) is 49.4 Å². The van der Waals surface area contributed by atoms with E-state index in [1.54, 1.807) is 0 Å². The van der Waals surface area contributed by atoms with Crippen molar-refractivity contribution in [2.45, 2.75) is 176 Å². The van der Waals surface area contributed by atoms with Crippen LogP contribution in [-0.4, -0.2) is 64.7 Å². The number of aliphatic hydroxyl groups excluding tert-OH is 3. The van der Waals surface area contributed by atoms with Crippen molar-refractivity contribution < 1.29 is 34.3 Å². The molecular weight excluding hydrogens is 604 g/mol. The predicted octanol–water partition coefficient (Wildman–Crippen LogP) is 7.84. The first-order valence-corrected chi connectivity index (χ1v) is 19.8. The SMILES string of the molecule is CCC(CC[C@@H](C)[C@H]1CC[C@@]2(C)[C@@H]3CC=C4C[C@@H](O[C@H]5O[C@H](COC(=O)CC(C)C)[C@@H](O)[C@H](O)[C@H]5O)CC[C@]4(C)[C@H]3CC[C@]12C)C(C)C. The molecule has 0 aromatic rings. The lowest BCUT2D eigenvalue weighted by Gasteiger charge is -2.63. The Morgan fingerprint density at radius 2 is 1.62 bits per heavy atom. The summed E-state index contributed by atoms with van der Waals surface area (Å²) in [6.07, 6.45) is 9.62. The van der Waals surface area contributed by atoms with E-state index in [0.29, 0.717) is 22.7 Å². The highest BCUT2D eigenvalue weighted by Crippen LogP contribution is 2.72. The van der Waals surface area contributed by atoms with Gasteiger partial charge in [-0.3, -0.25) is 4.79 Å². The molecule has 1 unspecified atom stereocenters. The summed E-state index contributed by atoms with van der Waals surface area (Å²) in [6.45, 7) is 21.2. The van der Waals surface area contributed by atoms with Crippen molar-refractivity contribution in [3.05, 3.63) is 11.6 Å². The Balaban J connectivity index is 1.23. The summed E-state index contributed by atoms with van der Waals surface area (Å²) in [7, 11) is 0. The molecule has 7 heteroatoms. The summed E-state index contributed by atoms with van der Waals surface area (Å²) in [5.74, 6) is 4.37. The number of carbonyl (C=O) groups is 1. The van der Waals surface area contributed by atoms with E-state index in [1.807, 2.05) is 13.8 Å². The molecule has 48 heavy (non-hydrogen) atoms. The standard InChI is InChI=1S/C41H70O7/c1-10-27(25(4)5)12-11-26(6)30-16-19-41(9)32-14-13-28-22-29(15-18-39(28,7)31(32)17-20-40(30,41)8)47-38-37(45)36(44)35(43)33(48-38)23-46-34(42)21-24(2)3/h13,24-27,29-33,35-38,43-45H,10-12,14-23H2,1-9H3/t26-,27?,29+,30-,31+,32-,33-,35-,36+,37-,38+,39+,40-,41+/m1/s1.